The third-order valence-electron chi connectivity index (χ3n) is 3.46. The van der Waals surface area contributed by atoms with Gasteiger partial charge in [-0.2, -0.15) is 5.10 Å². The second-order valence-corrected chi connectivity index (χ2v) is 6.46. The Morgan fingerprint density at radius 3 is 2.85 bits per heavy atom. The van der Waals surface area contributed by atoms with E-state index in [9.17, 15) is 4.79 Å². The summed E-state index contributed by atoms with van der Waals surface area (Å²) < 4.78 is 5.05. The van der Waals surface area contributed by atoms with Gasteiger partial charge in [0.05, 0.1) is 29.1 Å². The van der Waals surface area contributed by atoms with Crippen molar-refractivity contribution in [3.63, 3.8) is 0 Å². The molecule has 0 fully saturated rings. The van der Waals surface area contributed by atoms with Gasteiger partial charge in [0.1, 0.15) is 0 Å². The number of benzene rings is 2. The fourth-order valence-corrected chi connectivity index (χ4v) is 3.22. The lowest BCUT2D eigenvalue weighted by atomic mass is 10.1. The SMILES string of the molecule is CCOC(=O)c1c(Cl)cccc1C=NNc1nc(-c2ccccc2)cs1. The van der Waals surface area contributed by atoms with Crippen molar-refractivity contribution in [1.29, 1.82) is 0 Å². The fraction of sp³-hybridized carbons (Fsp3) is 0.105. The summed E-state index contributed by atoms with van der Waals surface area (Å²) in [5, 5.41) is 7.10. The molecule has 0 amide bonds. The normalized spacial score (nSPS) is 10.8. The number of anilines is 1. The molecular weight excluding hydrogens is 370 g/mol. The predicted octanol–water partition coefficient (Wildman–Crippen LogP) is 5.09. The van der Waals surface area contributed by atoms with Gasteiger partial charge in [-0.05, 0) is 13.0 Å². The summed E-state index contributed by atoms with van der Waals surface area (Å²) in [6.45, 7) is 2.02. The van der Waals surface area contributed by atoms with Crippen molar-refractivity contribution in [2.75, 3.05) is 12.0 Å². The molecule has 0 bridgehead atoms. The van der Waals surface area contributed by atoms with Crippen LogP contribution in [0.5, 0.6) is 0 Å². The van der Waals surface area contributed by atoms with Crippen molar-refractivity contribution in [3.05, 3.63) is 70.1 Å². The number of ether oxygens (including phenoxy) is 1. The molecule has 0 aliphatic heterocycles. The number of hydrogen-bond acceptors (Lipinski definition) is 6. The molecule has 0 aliphatic rings. The lowest BCUT2D eigenvalue weighted by Crippen LogP contribution is -2.09. The van der Waals surface area contributed by atoms with Crippen LogP contribution in [0.3, 0.4) is 0 Å². The van der Waals surface area contributed by atoms with Gasteiger partial charge in [0.25, 0.3) is 0 Å². The van der Waals surface area contributed by atoms with Crippen LogP contribution in [0.2, 0.25) is 5.02 Å². The molecule has 1 N–H and O–H groups in total. The summed E-state index contributed by atoms with van der Waals surface area (Å²) in [4.78, 5) is 16.6. The van der Waals surface area contributed by atoms with Gasteiger partial charge in [-0.15, -0.1) is 11.3 Å². The number of carbonyl (C=O) groups is 1. The molecule has 2 aromatic carbocycles. The van der Waals surface area contributed by atoms with Crippen LogP contribution in [0, 0.1) is 0 Å². The molecule has 0 spiro atoms. The van der Waals surface area contributed by atoms with Gasteiger partial charge in [-0.1, -0.05) is 54.1 Å². The minimum Gasteiger partial charge on any atom is -0.462 e. The molecule has 132 valence electrons. The maximum Gasteiger partial charge on any atom is 0.340 e. The van der Waals surface area contributed by atoms with Crippen molar-refractivity contribution in [2.24, 2.45) is 5.10 Å². The van der Waals surface area contributed by atoms with Crippen molar-refractivity contribution in [2.45, 2.75) is 6.92 Å². The maximum absolute atomic E-state index is 12.1. The van der Waals surface area contributed by atoms with E-state index in [1.807, 2.05) is 35.7 Å². The molecule has 7 heteroatoms. The minimum absolute atomic E-state index is 0.278. The average Bonchev–Trinajstić information content (AvgIpc) is 3.12. The third kappa shape index (κ3) is 4.28. The number of halogens is 1. The van der Waals surface area contributed by atoms with E-state index in [2.05, 4.69) is 15.5 Å². The average molecular weight is 386 g/mol. The molecular formula is C19H16ClN3O2S. The van der Waals surface area contributed by atoms with Gasteiger partial charge >= 0.3 is 5.97 Å². The van der Waals surface area contributed by atoms with E-state index in [4.69, 9.17) is 16.3 Å². The fourth-order valence-electron chi connectivity index (χ4n) is 2.29. The number of hydrogen-bond donors (Lipinski definition) is 1. The molecule has 0 saturated heterocycles. The van der Waals surface area contributed by atoms with E-state index < -0.39 is 5.97 Å². The molecule has 3 aromatic rings. The van der Waals surface area contributed by atoms with Crippen LogP contribution in [-0.4, -0.2) is 23.8 Å². The second-order valence-electron chi connectivity index (χ2n) is 5.20. The number of esters is 1. The molecule has 0 radical (unpaired) electrons. The van der Waals surface area contributed by atoms with Gasteiger partial charge in [0.2, 0.25) is 5.13 Å². The summed E-state index contributed by atoms with van der Waals surface area (Å²) in [7, 11) is 0. The Morgan fingerprint density at radius 1 is 1.27 bits per heavy atom. The highest BCUT2D eigenvalue weighted by Crippen LogP contribution is 2.25. The molecule has 26 heavy (non-hydrogen) atoms. The summed E-state index contributed by atoms with van der Waals surface area (Å²) in [6, 6.07) is 15.0. The number of aromatic nitrogens is 1. The smallest absolute Gasteiger partial charge is 0.340 e. The van der Waals surface area contributed by atoms with Crippen molar-refractivity contribution < 1.29 is 9.53 Å². The van der Waals surface area contributed by atoms with Gasteiger partial charge in [0, 0.05) is 16.5 Å². The Morgan fingerprint density at radius 2 is 2.08 bits per heavy atom. The lowest BCUT2D eigenvalue weighted by molar-refractivity contribution is 0.0526. The van der Waals surface area contributed by atoms with E-state index in [-0.39, 0.29) is 6.61 Å². The standard InChI is InChI=1S/C19H16ClN3O2S/c1-2-25-18(24)17-14(9-6-10-15(17)20)11-21-23-19-22-16(12-26-19)13-7-4-3-5-8-13/h3-12H,2H2,1H3,(H,22,23). The zero-order valence-electron chi connectivity index (χ0n) is 14.0. The summed E-state index contributed by atoms with van der Waals surface area (Å²) in [6.07, 6.45) is 1.53. The van der Waals surface area contributed by atoms with Gasteiger partial charge < -0.3 is 4.74 Å². The number of hydrazone groups is 1. The molecule has 0 aliphatic carbocycles. The largest absolute Gasteiger partial charge is 0.462 e. The van der Waals surface area contributed by atoms with Crippen LogP contribution in [0.25, 0.3) is 11.3 Å². The first kappa shape index (κ1) is 18.1. The first-order valence-corrected chi connectivity index (χ1v) is 9.20. The summed E-state index contributed by atoms with van der Waals surface area (Å²) in [5.41, 5.74) is 5.67. The molecule has 0 saturated carbocycles. The zero-order valence-corrected chi connectivity index (χ0v) is 15.6. The Kier molecular flexibility index (Phi) is 5.99. The third-order valence-corrected chi connectivity index (χ3v) is 4.52. The lowest BCUT2D eigenvalue weighted by Gasteiger charge is -2.07. The Balaban J connectivity index is 1.75. The van der Waals surface area contributed by atoms with Crippen LogP contribution in [-0.2, 0) is 4.74 Å². The monoisotopic (exact) mass is 385 g/mol. The van der Waals surface area contributed by atoms with Crippen molar-refractivity contribution in [3.8, 4) is 11.3 Å². The van der Waals surface area contributed by atoms with Crippen LogP contribution in [0.1, 0.15) is 22.8 Å². The number of nitrogens with one attached hydrogen (secondary N) is 1. The van der Waals surface area contributed by atoms with Crippen LogP contribution < -0.4 is 5.43 Å². The minimum atomic E-state index is -0.472. The highest BCUT2D eigenvalue weighted by Gasteiger charge is 2.15. The quantitative estimate of drug-likeness (QED) is 0.365. The van der Waals surface area contributed by atoms with Gasteiger partial charge in [-0.3, -0.25) is 5.43 Å². The topological polar surface area (TPSA) is 63.6 Å². The molecule has 5 nitrogen and oxygen atoms in total. The number of nitrogens with zero attached hydrogens (tertiary/aromatic N) is 2. The van der Waals surface area contributed by atoms with Crippen molar-refractivity contribution in [1.82, 2.24) is 4.98 Å². The summed E-state index contributed by atoms with van der Waals surface area (Å²) >= 11 is 7.58. The predicted molar refractivity (Wildman–Crippen MR) is 106 cm³/mol. The summed E-state index contributed by atoms with van der Waals surface area (Å²) in [5.74, 6) is -0.472. The van der Waals surface area contributed by atoms with E-state index in [0.29, 0.717) is 21.3 Å². The van der Waals surface area contributed by atoms with Crippen LogP contribution >= 0.6 is 22.9 Å². The first-order chi connectivity index (χ1) is 12.7. The second kappa shape index (κ2) is 8.60. The Bertz CT molecular complexity index is 926. The molecule has 0 unspecified atom stereocenters. The maximum atomic E-state index is 12.1. The highest BCUT2D eigenvalue weighted by molar-refractivity contribution is 7.14. The van der Waals surface area contributed by atoms with Crippen LogP contribution in [0.4, 0.5) is 5.13 Å². The number of rotatable bonds is 6. The van der Waals surface area contributed by atoms with E-state index in [0.717, 1.165) is 11.3 Å². The molecule has 1 heterocycles. The van der Waals surface area contributed by atoms with E-state index in [1.54, 1.807) is 25.1 Å². The van der Waals surface area contributed by atoms with Gasteiger partial charge in [-0.25, -0.2) is 9.78 Å². The molecule has 1 aromatic heterocycles. The van der Waals surface area contributed by atoms with E-state index >= 15 is 0 Å². The van der Waals surface area contributed by atoms with E-state index in [1.165, 1.54) is 17.6 Å². The zero-order chi connectivity index (χ0) is 18.4. The number of carbonyl (C=O) groups excluding carboxylic acids is 1. The Hall–Kier alpha value is -2.70. The van der Waals surface area contributed by atoms with Crippen LogP contribution in [0.15, 0.2) is 59.0 Å². The first-order valence-electron chi connectivity index (χ1n) is 7.94. The van der Waals surface area contributed by atoms with Crippen molar-refractivity contribution >= 4 is 40.3 Å². The molecule has 0 atom stereocenters. The van der Waals surface area contributed by atoms with Gasteiger partial charge in [0.15, 0.2) is 0 Å². The Labute approximate surface area is 160 Å². The highest BCUT2D eigenvalue weighted by atomic mass is 35.5. The molecule has 3 rings (SSSR count). The number of thiazole rings is 1.